The molecule has 0 atom stereocenters. The first-order valence-electron chi connectivity index (χ1n) is 7.25. The predicted molar refractivity (Wildman–Crippen MR) is 80.0 cm³/mol. The first kappa shape index (κ1) is 14.4. The molecule has 0 aromatic heterocycles. The Morgan fingerprint density at radius 1 is 1.32 bits per heavy atom. The van der Waals surface area contributed by atoms with E-state index in [-0.39, 0.29) is 0 Å². The lowest BCUT2D eigenvalue weighted by Gasteiger charge is -2.31. The molecular weight excluding hydrogens is 236 g/mol. The van der Waals surface area contributed by atoms with Gasteiger partial charge in [0.15, 0.2) is 0 Å². The summed E-state index contributed by atoms with van der Waals surface area (Å²) < 4.78 is 5.30. The molecule has 1 aliphatic rings. The van der Waals surface area contributed by atoms with Crippen LogP contribution in [0.25, 0.3) is 0 Å². The Labute approximate surface area is 116 Å². The van der Waals surface area contributed by atoms with Crippen molar-refractivity contribution < 1.29 is 4.74 Å². The van der Waals surface area contributed by atoms with E-state index < -0.39 is 0 Å². The Hall–Kier alpha value is -1.06. The molecule has 1 aromatic rings. The molecule has 1 aliphatic heterocycles. The van der Waals surface area contributed by atoms with Gasteiger partial charge >= 0.3 is 0 Å². The highest BCUT2D eigenvalue weighted by Gasteiger charge is 2.17. The lowest BCUT2D eigenvalue weighted by molar-refractivity contribution is 0.201. The molecule has 0 aliphatic carbocycles. The Balaban J connectivity index is 1.85. The highest BCUT2D eigenvalue weighted by molar-refractivity contribution is 5.36. The average molecular weight is 262 g/mol. The fourth-order valence-electron chi connectivity index (χ4n) is 2.83. The number of ether oxygens (including phenoxy) is 1. The van der Waals surface area contributed by atoms with E-state index in [1.165, 1.54) is 24.0 Å². The van der Waals surface area contributed by atoms with Crippen molar-refractivity contribution in [3.05, 3.63) is 29.3 Å². The van der Waals surface area contributed by atoms with E-state index in [2.05, 4.69) is 42.4 Å². The summed E-state index contributed by atoms with van der Waals surface area (Å²) in [5, 5.41) is 3.42. The third kappa shape index (κ3) is 3.95. The molecular formula is C16H26N2O. The summed E-state index contributed by atoms with van der Waals surface area (Å²) in [5.41, 5.74) is 2.63. The third-order valence-corrected chi connectivity index (χ3v) is 4.14. The van der Waals surface area contributed by atoms with Crippen LogP contribution < -0.4 is 10.1 Å². The molecule has 3 heteroatoms. The quantitative estimate of drug-likeness (QED) is 0.880. The largest absolute Gasteiger partial charge is 0.496 e. The first-order valence-corrected chi connectivity index (χ1v) is 7.25. The van der Waals surface area contributed by atoms with Crippen molar-refractivity contribution in [2.75, 3.05) is 33.8 Å². The van der Waals surface area contributed by atoms with Crippen molar-refractivity contribution in [1.82, 2.24) is 10.2 Å². The summed E-state index contributed by atoms with van der Waals surface area (Å²) >= 11 is 0. The van der Waals surface area contributed by atoms with Gasteiger partial charge in [0, 0.05) is 12.6 Å². The minimum absolute atomic E-state index is 0.751. The zero-order chi connectivity index (χ0) is 13.7. The Kier molecular flexibility index (Phi) is 5.23. The monoisotopic (exact) mass is 262 g/mol. The van der Waals surface area contributed by atoms with Crippen LogP contribution >= 0.6 is 0 Å². The van der Waals surface area contributed by atoms with Gasteiger partial charge in [-0.15, -0.1) is 0 Å². The second-order valence-corrected chi connectivity index (χ2v) is 5.52. The number of methoxy groups -OCH3 is 1. The fraction of sp³-hybridized carbons (Fsp3) is 0.625. The van der Waals surface area contributed by atoms with Gasteiger partial charge in [0.05, 0.1) is 7.11 Å². The van der Waals surface area contributed by atoms with Crippen molar-refractivity contribution in [3.8, 4) is 5.75 Å². The van der Waals surface area contributed by atoms with E-state index in [4.69, 9.17) is 4.74 Å². The van der Waals surface area contributed by atoms with E-state index in [0.29, 0.717) is 0 Å². The standard InChI is InChI=1S/C16H26N2O/c1-13-12-14(4-5-16(13)19-3)8-11-18(2)15-6-9-17-10-7-15/h4-5,12,15,17H,6-11H2,1-3H3. The zero-order valence-electron chi connectivity index (χ0n) is 12.4. The lowest BCUT2D eigenvalue weighted by Crippen LogP contribution is -2.41. The average Bonchev–Trinajstić information content (AvgIpc) is 2.46. The normalized spacial score (nSPS) is 16.8. The molecule has 1 saturated heterocycles. The van der Waals surface area contributed by atoms with Crippen LogP contribution in [0.1, 0.15) is 24.0 Å². The van der Waals surface area contributed by atoms with Gasteiger partial charge in [-0.25, -0.2) is 0 Å². The van der Waals surface area contributed by atoms with E-state index >= 15 is 0 Å². The molecule has 0 amide bonds. The number of benzene rings is 1. The molecule has 1 fully saturated rings. The van der Waals surface area contributed by atoms with Crippen LogP contribution in [0.4, 0.5) is 0 Å². The van der Waals surface area contributed by atoms with Crippen LogP contribution in [0.2, 0.25) is 0 Å². The molecule has 1 N–H and O–H groups in total. The van der Waals surface area contributed by atoms with E-state index in [1.807, 2.05) is 0 Å². The fourth-order valence-corrected chi connectivity index (χ4v) is 2.83. The van der Waals surface area contributed by atoms with Gasteiger partial charge in [0.2, 0.25) is 0 Å². The van der Waals surface area contributed by atoms with Crippen LogP contribution in [0, 0.1) is 6.92 Å². The molecule has 0 radical (unpaired) electrons. The summed E-state index contributed by atoms with van der Waals surface area (Å²) in [6, 6.07) is 7.26. The minimum atomic E-state index is 0.751. The number of nitrogens with zero attached hydrogens (tertiary/aromatic N) is 1. The molecule has 0 unspecified atom stereocenters. The van der Waals surface area contributed by atoms with Gasteiger partial charge in [-0.3, -0.25) is 0 Å². The molecule has 1 aromatic carbocycles. The topological polar surface area (TPSA) is 24.5 Å². The van der Waals surface area contributed by atoms with Gasteiger partial charge in [0.25, 0.3) is 0 Å². The van der Waals surface area contributed by atoms with Gasteiger partial charge in [-0.05, 0) is 63.5 Å². The van der Waals surface area contributed by atoms with Crippen molar-refractivity contribution in [2.24, 2.45) is 0 Å². The van der Waals surface area contributed by atoms with Crippen molar-refractivity contribution in [3.63, 3.8) is 0 Å². The van der Waals surface area contributed by atoms with Gasteiger partial charge in [-0.2, -0.15) is 0 Å². The smallest absolute Gasteiger partial charge is 0.121 e. The van der Waals surface area contributed by atoms with Crippen molar-refractivity contribution in [2.45, 2.75) is 32.2 Å². The maximum absolute atomic E-state index is 5.30. The molecule has 0 bridgehead atoms. The van der Waals surface area contributed by atoms with Crippen molar-refractivity contribution >= 4 is 0 Å². The summed E-state index contributed by atoms with van der Waals surface area (Å²) in [5.74, 6) is 0.982. The van der Waals surface area contributed by atoms with Gasteiger partial charge in [0.1, 0.15) is 5.75 Å². The highest BCUT2D eigenvalue weighted by Crippen LogP contribution is 2.19. The van der Waals surface area contributed by atoms with E-state index in [0.717, 1.165) is 37.8 Å². The van der Waals surface area contributed by atoms with Crippen LogP contribution in [-0.2, 0) is 6.42 Å². The lowest BCUT2D eigenvalue weighted by atomic mass is 10.0. The zero-order valence-corrected chi connectivity index (χ0v) is 12.4. The number of likely N-dealkylation sites (N-methyl/N-ethyl adjacent to an activating group) is 1. The number of aryl methyl sites for hydroxylation is 1. The molecule has 3 nitrogen and oxygen atoms in total. The van der Waals surface area contributed by atoms with Crippen molar-refractivity contribution in [1.29, 1.82) is 0 Å². The number of hydrogen-bond acceptors (Lipinski definition) is 3. The maximum Gasteiger partial charge on any atom is 0.121 e. The number of rotatable bonds is 5. The second-order valence-electron chi connectivity index (χ2n) is 5.52. The number of hydrogen-bond donors (Lipinski definition) is 1. The van der Waals surface area contributed by atoms with Crippen LogP contribution in [0.15, 0.2) is 18.2 Å². The summed E-state index contributed by atoms with van der Waals surface area (Å²) in [7, 11) is 3.99. The first-order chi connectivity index (χ1) is 9.20. The van der Waals surface area contributed by atoms with Gasteiger partial charge < -0.3 is 15.0 Å². The van der Waals surface area contributed by atoms with Crippen LogP contribution in [0.5, 0.6) is 5.75 Å². The Bertz CT molecular complexity index is 400. The minimum Gasteiger partial charge on any atom is -0.496 e. The van der Waals surface area contributed by atoms with E-state index in [9.17, 15) is 0 Å². The summed E-state index contributed by atoms with van der Waals surface area (Å²) in [6.45, 7) is 5.57. The Morgan fingerprint density at radius 3 is 2.68 bits per heavy atom. The molecule has 2 rings (SSSR count). The third-order valence-electron chi connectivity index (χ3n) is 4.14. The van der Waals surface area contributed by atoms with Gasteiger partial charge in [-0.1, -0.05) is 12.1 Å². The van der Waals surface area contributed by atoms with Crippen LogP contribution in [-0.4, -0.2) is 44.7 Å². The van der Waals surface area contributed by atoms with Crippen LogP contribution in [0.3, 0.4) is 0 Å². The second kappa shape index (κ2) is 6.92. The number of nitrogens with one attached hydrogen (secondary N) is 1. The molecule has 0 saturated carbocycles. The predicted octanol–water partition coefficient (Wildman–Crippen LogP) is 2.23. The number of piperidine rings is 1. The summed E-state index contributed by atoms with van der Waals surface area (Å²) in [6.07, 6.45) is 3.67. The summed E-state index contributed by atoms with van der Waals surface area (Å²) in [4.78, 5) is 2.51. The highest BCUT2D eigenvalue weighted by atomic mass is 16.5. The molecule has 1 heterocycles. The van der Waals surface area contributed by atoms with E-state index in [1.54, 1.807) is 7.11 Å². The molecule has 0 spiro atoms. The SMILES string of the molecule is COc1ccc(CCN(C)C2CCNCC2)cc1C. The molecule has 19 heavy (non-hydrogen) atoms. The molecule has 106 valence electrons. The maximum atomic E-state index is 5.30. The Morgan fingerprint density at radius 2 is 2.05 bits per heavy atom.